The van der Waals surface area contributed by atoms with Gasteiger partial charge in [-0.2, -0.15) is 0 Å². The molecule has 0 heterocycles. The molecule has 0 aliphatic carbocycles. The number of phenols is 3. The van der Waals surface area contributed by atoms with Crippen molar-refractivity contribution < 1.29 is 59.1 Å². The monoisotopic (exact) mass is 720 g/mol. The van der Waals surface area contributed by atoms with Gasteiger partial charge in [0.1, 0.15) is 51.7 Å². The van der Waals surface area contributed by atoms with Gasteiger partial charge in [-0.1, -0.05) is 40.0 Å². The summed E-state index contributed by atoms with van der Waals surface area (Å²) in [5.41, 5.74) is 0. The Morgan fingerprint density at radius 3 is 0.706 bits per heavy atom. The Morgan fingerprint density at radius 1 is 0.333 bits per heavy atom. The molecule has 0 aliphatic heterocycles. The van der Waals surface area contributed by atoms with Crippen molar-refractivity contribution in [1.82, 2.24) is 0 Å². The first-order valence-corrected chi connectivity index (χ1v) is 17.9. The average molecular weight is 721 g/mol. The Balaban J connectivity index is 0.000000412. The van der Waals surface area contributed by atoms with Gasteiger partial charge in [0.25, 0.3) is 0 Å². The van der Waals surface area contributed by atoms with E-state index in [1.165, 1.54) is 0 Å². The van der Waals surface area contributed by atoms with Crippen LogP contribution in [0.1, 0.15) is 78.6 Å². The Morgan fingerprint density at radius 2 is 0.529 bits per heavy atom. The SMILES string of the molecule is CCCCOc1cc(OCCCC)cc(OCCCC)c1.OCCCOc1cc(OCCCO)cc(OCCCO)c1.Oc1cc(O)cc(O)c1. The Kier molecular flexibility index (Phi) is 25.9. The highest BCUT2D eigenvalue weighted by atomic mass is 16.5. The number of aliphatic hydroxyl groups is 3. The standard InChI is InChI=1S/C18H30O3.C15H24O6.C6H6O3/c1-4-7-10-19-16-13-17(20-11-8-5-2)15-18(14-16)21-12-9-6-3;16-4-1-7-19-13-10-14(20-8-2-5-17)12-15(11-13)21-9-3-6-18;7-4-1-5(8)3-6(9)2-4/h13-15H,4-12H2,1-3H3;10-12,16-18H,1-9H2;1-3,7-9H. The van der Waals surface area contributed by atoms with E-state index >= 15 is 0 Å². The van der Waals surface area contributed by atoms with Crippen LogP contribution in [0.4, 0.5) is 0 Å². The smallest absolute Gasteiger partial charge is 0.126 e. The molecule has 12 heteroatoms. The second-order valence-electron chi connectivity index (χ2n) is 11.4. The van der Waals surface area contributed by atoms with Gasteiger partial charge in [-0.25, -0.2) is 0 Å². The third-order valence-corrected chi connectivity index (χ3v) is 6.61. The first-order chi connectivity index (χ1) is 24.8. The molecule has 0 saturated carbocycles. The number of rotatable bonds is 24. The van der Waals surface area contributed by atoms with Crippen LogP contribution in [0.5, 0.6) is 51.7 Å². The molecule has 3 rings (SSSR count). The van der Waals surface area contributed by atoms with E-state index in [4.69, 9.17) is 59.1 Å². The maximum Gasteiger partial charge on any atom is 0.126 e. The van der Waals surface area contributed by atoms with E-state index in [2.05, 4.69) is 20.8 Å². The highest BCUT2D eigenvalue weighted by Gasteiger charge is 2.06. The number of hydrogen-bond acceptors (Lipinski definition) is 12. The van der Waals surface area contributed by atoms with Crippen LogP contribution in [0.25, 0.3) is 0 Å². The molecule has 6 N–H and O–H groups in total. The Hall–Kier alpha value is -4.26. The fourth-order valence-electron chi connectivity index (χ4n) is 3.94. The maximum absolute atomic E-state index is 8.76. The minimum absolute atomic E-state index is 0.0759. The van der Waals surface area contributed by atoms with Gasteiger partial charge in [0, 0.05) is 93.7 Å². The molecule has 0 unspecified atom stereocenters. The van der Waals surface area contributed by atoms with Crippen LogP contribution in [0.2, 0.25) is 0 Å². The topological polar surface area (TPSA) is 177 Å². The molecule has 0 aromatic heterocycles. The van der Waals surface area contributed by atoms with E-state index < -0.39 is 0 Å². The lowest BCUT2D eigenvalue weighted by molar-refractivity contribution is 0.221. The van der Waals surface area contributed by atoms with Crippen molar-refractivity contribution >= 4 is 0 Å². The van der Waals surface area contributed by atoms with Gasteiger partial charge in [-0.15, -0.1) is 0 Å². The van der Waals surface area contributed by atoms with Crippen molar-refractivity contribution in [3.63, 3.8) is 0 Å². The third kappa shape index (κ3) is 23.0. The molecule has 3 aromatic rings. The lowest BCUT2D eigenvalue weighted by atomic mass is 10.3. The Bertz CT molecular complexity index is 1020. The zero-order chi connectivity index (χ0) is 37.5. The summed E-state index contributed by atoms with van der Waals surface area (Å²) in [5, 5.41) is 52.3. The van der Waals surface area contributed by atoms with Crippen molar-refractivity contribution in [3.8, 4) is 51.7 Å². The molecule has 0 aliphatic rings. The summed E-state index contributed by atoms with van der Waals surface area (Å²) in [4.78, 5) is 0. The zero-order valence-corrected chi connectivity index (χ0v) is 30.6. The summed E-state index contributed by atoms with van der Waals surface area (Å²) in [6.07, 6.45) is 8.24. The van der Waals surface area contributed by atoms with Gasteiger partial charge in [0.15, 0.2) is 0 Å². The molecule has 12 nitrogen and oxygen atoms in total. The van der Waals surface area contributed by atoms with Crippen LogP contribution in [0.15, 0.2) is 54.6 Å². The van der Waals surface area contributed by atoms with E-state index in [9.17, 15) is 0 Å². The average Bonchev–Trinajstić information content (AvgIpc) is 3.09. The third-order valence-electron chi connectivity index (χ3n) is 6.61. The van der Waals surface area contributed by atoms with Crippen LogP contribution >= 0.6 is 0 Å². The van der Waals surface area contributed by atoms with E-state index in [0.717, 1.165) is 93.8 Å². The molecule has 0 fully saturated rings. The lowest BCUT2D eigenvalue weighted by Crippen LogP contribution is -2.04. The second kappa shape index (κ2) is 29.5. The summed E-state index contributed by atoms with van der Waals surface area (Å²) in [6.45, 7) is 10.2. The largest absolute Gasteiger partial charge is 0.508 e. The van der Waals surface area contributed by atoms with E-state index in [-0.39, 0.29) is 37.1 Å². The van der Waals surface area contributed by atoms with Gasteiger partial charge in [-0.05, 0) is 19.3 Å². The number of ether oxygens (including phenoxy) is 6. The summed E-state index contributed by atoms with van der Waals surface area (Å²) >= 11 is 0. The number of unbranched alkanes of at least 4 members (excludes halogenated alkanes) is 3. The molecule has 0 saturated heterocycles. The van der Waals surface area contributed by atoms with Crippen molar-refractivity contribution in [2.45, 2.75) is 78.6 Å². The first-order valence-electron chi connectivity index (χ1n) is 17.9. The van der Waals surface area contributed by atoms with Crippen molar-refractivity contribution in [2.24, 2.45) is 0 Å². The minimum atomic E-state index is -0.146. The van der Waals surface area contributed by atoms with Gasteiger partial charge in [-0.3, -0.25) is 0 Å². The van der Waals surface area contributed by atoms with Crippen LogP contribution in [-0.4, -0.2) is 90.1 Å². The molecule has 0 spiro atoms. The molecule has 0 atom stereocenters. The number of hydrogen-bond donors (Lipinski definition) is 6. The predicted octanol–water partition coefficient (Wildman–Crippen LogP) is 7.00. The summed E-state index contributed by atoms with van der Waals surface area (Å²) in [7, 11) is 0. The maximum atomic E-state index is 8.76. The van der Waals surface area contributed by atoms with Gasteiger partial charge >= 0.3 is 0 Å². The molecular formula is C39H60O12. The fourth-order valence-corrected chi connectivity index (χ4v) is 3.94. The second-order valence-corrected chi connectivity index (χ2v) is 11.4. The first kappa shape index (κ1) is 44.8. The predicted molar refractivity (Wildman–Crippen MR) is 197 cm³/mol. The molecule has 0 bridgehead atoms. The zero-order valence-electron chi connectivity index (χ0n) is 30.6. The molecule has 0 radical (unpaired) electrons. The molecule has 0 amide bonds. The van der Waals surface area contributed by atoms with Crippen LogP contribution < -0.4 is 28.4 Å². The van der Waals surface area contributed by atoms with Gasteiger partial charge in [0.05, 0.1) is 39.6 Å². The molecular weight excluding hydrogens is 660 g/mol. The molecule has 51 heavy (non-hydrogen) atoms. The van der Waals surface area contributed by atoms with Crippen molar-refractivity contribution in [2.75, 3.05) is 59.5 Å². The minimum Gasteiger partial charge on any atom is -0.508 e. The number of phenolic OH excluding ortho intramolecular Hbond substituents is 3. The Labute approximate surface area is 303 Å². The normalized spacial score (nSPS) is 10.2. The van der Waals surface area contributed by atoms with Crippen LogP contribution in [0, 0.1) is 0 Å². The highest BCUT2D eigenvalue weighted by molar-refractivity contribution is 5.43. The van der Waals surface area contributed by atoms with E-state index in [1.54, 1.807) is 18.2 Å². The van der Waals surface area contributed by atoms with E-state index in [0.29, 0.717) is 56.3 Å². The molecule has 288 valence electrons. The van der Waals surface area contributed by atoms with E-state index in [1.807, 2.05) is 18.2 Å². The summed E-state index contributed by atoms with van der Waals surface area (Å²) in [6, 6.07) is 14.5. The number of aromatic hydroxyl groups is 3. The number of aliphatic hydroxyl groups excluding tert-OH is 3. The van der Waals surface area contributed by atoms with Gasteiger partial charge in [0.2, 0.25) is 0 Å². The quantitative estimate of drug-likeness (QED) is 0.0524. The number of benzene rings is 3. The fraction of sp³-hybridized carbons (Fsp3) is 0.538. The summed E-state index contributed by atoms with van der Waals surface area (Å²) < 4.78 is 33.9. The van der Waals surface area contributed by atoms with Crippen molar-refractivity contribution in [1.29, 1.82) is 0 Å². The lowest BCUT2D eigenvalue weighted by Gasteiger charge is -2.13. The van der Waals surface area contributed by atoms with Crippen LogP contribution in [-0.2, 0) is 0 Å². The van der Waals surface area contributed by atoms with Crippen molar-refractivity contribution in [3.05, 3.63) is 54.6 Å². The van der Waals surface area contributed by atoms with Crippen LogP contribution in [0.3, 0.4) is 0 Å². The molecule has 3 aromatic carbocycles. The van der Waals surface area contributed by atoms with Gasteiger partial charge < -0.3 is 59.1 Å². The summed E-state index contributed by atoms with van der Waals surface area (Å²) in [5.74, 6) is 3.88. The highest BCUT2D eigenvalue weighted by Crippen LogP contribution is 2.30.